The fourth-order valence-electron chi connectivity index (χ4n) is 3.54. The summed E-state index contributed by atoms with van der Waals surface area (Å²) < 4.78 is 1.52. The Morgan fingerprint density at radius 2 is 1.83 bits per heavy atom. The third-order valence-corrected chi connectivity index (χ3v) is 6.08. The van der Waals surface area contributed by atoms with Crippen LogP contribution < -0.4 is 5.56 Å². The van der Waals surface area contributed by atoms with E-state index in [2.05, 4.69) is 9.97 Å². The second kappa shape index (κ2) is 8.78. The molecule has 4 rings (SSSR count). The molecule has 1 amide bonds. The normalized spacial score (nSPS) is 14.7. The zero-order valence-corrected chi connectivity index (χ0v) is 17.3. The van der Waals surface area contributed by atoms with Gasteiger partial charge >= 0.3 is 0 Å². The third kappa shape index (κ3) is 4.34. The molecule has 0 unspecified atom stereocenters. The van der Waals surface area contributed by atoms with E-state index in [9.17, 15) is 9.59 Å². The lowest BCUT2D eigenvalue weighted by atomic mass is 10.2. The summed E-state index contributed by atoms with van der Waals surface area (Å²) in [5.74, 6) is 0.877. The number of fused-ring (bicyclic) bond motifs is 1. The zero-order chi connectivity index (χ0) is 20.2. The van der Waals surface area contributed by atoms with Crippen LogP contribution in [0.4, 0.5) is 0 Å². The number of aromatic nitrogens is 3. The van der Waals surface area contributed by atoms with Gasteiger partial charge in [0.2, 0.25) is 5.91 Å². The average Bonchev–Trinajstić information content (AvgIpc) is 3.03. The van der Waals surface area contributed by atoms with Crippen LogP contribution in [-0.4, -0.2) is 44.2 Å². The Labute approximate surface area is 174 Å². The van der Waals surface area contributed by atoms with E-state index >= 15 is 0 Å². The van der Waals surface area contributed by atoms with Crippen LogP contribution in [-0.2, 0) is 4.79 Å². The molecule has 0 radical (unpaired) electrons. The van der Waals surface area contributed by atoms with Crippen LogP contribution in [0.25, 0.3) is 16.7 Å². The third-order valence-electron chi connectivity index (χ3n) is 5.15. The van der Waals surface area contributed by atoms with Crippen LogP contribution in [0.1, 0.15) is 31.2 Å². The summed E-state index contributed by atoms with van der Waals surface area (Å²) in [6, 6.07) is 11.0. The van der Waals surface area contributed by atoms with Gasteiger partial charge in [-0.2, -0.15) is 0 Å². The number of thioether (sulfide) groups is 1. The maximum absolute atomic E-state index is 13.2. The summed E-state index contributed by atoms with van der Waals surface area (Å²) in [5.41, 5.74) is 1.48. The fourth-order valence-corrected chi connectivity index (χ4v) is 4.44. The first-order valence-corrected chi connectivity index (χ1v) is 11.0. The van der Waals surface area contributed by atoms with E-state index in [-0.39, 0.29) is 17.2 Å². The van der Waals surface area contributed by atoms with Gasteiger partial charge in [-0.1, -0.05) is 42.8 Å². The highest BCUT2D eigenvalue weighted by Gasteiger charge is 2.19. The van der Waals surface area contributed by atoms with Crippen molar-refractivity contribution in [2.75, 3.05) is 18.8 Å². The van der Waals surface area contributed by atoms with E-state index in [0.29, 0.717) is 21.9 Å². The molecule has 1 saturated heterocycles. The smallest absolute Gasteiger partial charge is 0.267 e. The summed E-state index contributed by atoms with van der Waals surface area (Å²) >= 11 is 1.30. The molecule has 1 aromatic carbocycles. The van der Waals surface area contributed by atoms with Crippen LogP contribution in [0.2, 0.25) is 0 Å². The lowest BCUT2D eigenvalue weighted by Gasteiger charge is -2.20. The SMILES string of the molecule is Cc1ccc(-n2c(SCC(=O)N3CCCCCC3)nc3ccccc3c2=O)nc1. The van der Waals surface area contributed by atoms with Gasteiger partial charge in [-0.3, -0.25) is 9.59 Å². The van der Waals surface area contributed by atoms with Gasteiger partial charge in [0.05, 0.1) is 16.7 Å². The molecule has 0 atom stereocenters. The standard InChI is InChI=1S/C22H24N4O2S/c1-16-10-11-19(23-14-16)26-21(28)17-8-4-5-9-18(17)24-22(26)29-15-20(27)25-12-6-2-3-7-13-25/h4-5,8-11,14H,2-3,6-7,12-13,15H2,1H3. The molecule has 6 nitrogen and oxygen atoms in total. The minimum atomic E-state index is -0.170. The van der Waals surface area contributed by atoms with Crippen molar-refractivity contribution in [3.8, 4) is 5.82 Å². The van der Waals surface area contributed by atoms with Crippen molar-refractivity contribution in [2.24, 2.45) is 0 Å². The van der Waals surface area contributed by atoms with Gasteiger partial charge in [0.1, 0.15) is 5.82 Å². The molecule has 2 aromatic heterocycles. The van der Waals surface area contributed by atoms with E-state index in [1.54, 1.807) is 12.3 Å². The maximum Gasteiger partial charge on any atom is 0.267 e. The van der Waals surface area contributed by atoms with Crippen molar-refractivity contribution < 1.29 is 4.79 Å². The molecule has 0 bridgehead atoms. The lowest BCUT2D eigenvalue weighted by Crippen LogP contribution is -2.33. The first kappa shape index (κ1) is 19.6. The van der Waals surface area contributed by atoms with Crippen molar-refractivity contribution in [3.05, 3.63) is 58.5 Å². The molecule has 3 heterocycles. The van der Waals surface area contributed by atoms with Crippen molar-refractivity contribution in [1.29, 1.82) is 0 Å². The number of carbonyl (C=O) groups excluding carboxylic acids is 1. The van der Waals surface area contributed by atoms with Gasteiger partial charge in [0, 0.05) is 19.3 Å². The van der Waals surface area contributed by atoms with Gasteiger partial charge < -0.3 is 4.90 Å². The molecule has 0 saturated carbocycles. The number of hydrogen-bond acceptors (Lipinski definition) is 5. The Morgan fingerprint density at radius 3 is 2.55 bits per heavy atom. The zero-order valence-electron chi connectivity index (χ0n) is 16.5. The van der Waals surface area contributed by atoms with Crippen LogP contribution in [0, 0.1) is 6.92 Å². The minimum absolute atomic E-state index is 0.0997. The van der Waals surface area contributed by atoms with Gasteiger partial charge in [0.25, 0.3) is 5.56 Å². The molecule has 3 aromatic rings. The first-order chi connectivity index (χ1) is 14.1. The number of carbonyl (C=O) groups is 1. The molecule has 0 spiro atoms. The molecule has 7 heteroatoms. The van der Waals surface area contributed by atoms with Gasteiger partial charge in [-0.25, -0.2) is 14.5 Å². The number of rotatable bonds is 4. The summed E-state index contributed by atoms with van der Waals surface area (Å²) in [4.78, 5) is 37.0. The molecule has 150 valence electrons. The quantitative estimate of drug-likeness (QED) is 0.488. The van der Waals surface area contributed by atoms with E-state index in [1.807, 2.05) is 42.2 Å². The summed E-state index contributed by atoms with van der Waals surface area (Å²) in [5, 5.41) is 1.03. The summed E-state index contributed by atoms with van der Waals surface area (Å²) in [6.45, 7) is 3.58. The molecule has 29 heavy (non-hydrogen) atoms. The van der Waals surface area contributed by atoms with Gasteiger partial charge in [0.15, 0.2) is 5.16 Å². The van der Waals surface area contributed by atoms with E-state index in [0.717, 1.165) is 31.5 Å². The van der Waals surface area contributed by atoms with E-state index < -0.39 is 0 Å². The number of benzene rings is 1. The number of hydrogen-bond donors (Lipinski definition) is 0. The fraction of sp³-hybridized carbons (Fsp3) is 0.364. The second-order valence-corrected chi connectivity index (χ2v) is 8.27. The predicted octanol–water partition coefficient (Wildman–Crippen LogP) is 3.58. The molecule has 1 aliphatic rings. The largest absolute Gasteiger partial charge is 0.342 e. The van der Waals surface area contributed by atoms with Crippen LogP contribution in [0.5, 0.6) is 0 Å². The Bertz CT molecular complexity index is 1070. The topological polar surface area (TPSA) is 68.1 Å². The lowest BCUT2D eigenvalue weighted by molar-refractivity contribution is -0.128. The van der Waals surface area contributed by atoms with Crippen LogP contribution >= 0.6 is 11.8 Å². The number of likely N-dealkylation sites (tertiary alicyclic amines) is 1. The Balaban J connectivity index is 1.68. The Hall–Kier alpha value is -2.67. The predicted molar refractivity (Wildman–Crippen MR) is 116 cm³/mol. The number of para-hydroxylation sites is 1. The number of pyridine rings is 1. The van der Waals surface area contributed by atoms with Crippen molar-refractivity contribution >= 4 is 28.6 Å². The maximum atomic E-state index is 13.2. The molecule has 0 N–H and O–H groups in total. The minimum Gasteiger partial charge on any atom is -0.342 e. The number of amides is 1. The Kier molecular flexibility index (Phi) is 5.94. The second-order valence-electron chi connectivity index (χ2n) is 7.33. The molecule has 1 fully saturated rings. The molecule has 0 aliphatic carbocycles. The van der Waals surface area contributed by atoms with Crippen molar-refractivity contribution in [3.63, 3.8) is 0 Å². The van der Waals surface area contributed by atoms with Crippen LogP contribution in [0.15, 0.2) is 52.5 Å². The molecular formula is C22H24N4O2S. The highest BCUT2D eigenvalue weighted by molar-refractivity contribution is 7.99. The molecular weight excluding hydrogens is 384 g/mol. The van der Waals surface area contributed by atoms with Crippen LogP contribution in [0.3, 0.4) is 0 Å². The monoisotopic (exact) mass is 408 g/mol. The van der Waals surface area contributed by atoms with Crippen molar-refractivity contribution in [2.45, 2.75) is 37.8 Å². The summed E-state index contributed by atoms with van der Waals surface area (Å²) in [6.07, 6.45) is 6.21. The number of nitrogens with zero attached hydrogens (tertiary/aromatic N) is 4. The van der Waals surface area contributed by atoms with E-state index in [4.69, 9.17) is 0 Å². The molecule has 1 aliphatic heterocycles. The number of aryl methyl sites for hydroxylation is 1. The van der Waals surface area contributed by atoms with E-state index in [1.165, 1.54) is 29.2 Å². The summed E-state index contributed by atoms with van der Waals surface area (Å²) in [7, 11) is 0. The van der Waals surface area contributed by atoms with Gasteiger partial charge in [-0.15, -0.1) is 0 Å². The average molecular weight is 409 g/mol. The highest BCUT2D eigenvalue weighted by atomic mass is 32.2. The Morgan fingerprint density at radius 1 is 1.07 bits per heavy atom. The highest BCUT2D eigenvalue weighted by Crippen LogP contribution is 2.22. The van der Waals surface area contributed by atoms with Gasteiger partial charge in [-0.05, 0) is 43.5 Å². The van der Waals surface area contributed by atoms with Crippen molar-refractivity contribution in [1.82, 2.24) is 19.4 Å². The first-order valence-electron chi connectivity index (χ1n) is 9.99.